The van der Waals surface area contributed by atoms with Gasteiger partial charge in [0.15, 0.2) is 5.11 Å². The minimum absolute atomic E-state index is 0.222. The average molecular weight is 479 g/mol. The van der Waals surface area contributed by atoms with Crippen LogP contribution in [0.4, 0.5) is 10.7 Å². The number of methoxy groups -OCH3 is 2. The average Bonchev–Trinajstić information content (AvgIpc) is 3.32. The van der Waals surface area contributed by atoms with Crippen LogP contribution in [0, 0.1) is 6.92 Å². The highest BCUT2D eigenvalue weighted by atomic mass is 35.5. The zero-order chi connectivity index (χ0) is 22.5. The van der Waals surface area contributed by atoms with Crippen molar-refractivity contribution in [1.82, 2.24) is 9.78 Å². The molecule has 0 saturated heterocycles. The van der Waals surface area contributed by atoms with Gasteiger partial charge in [0.1, 0.15) is 9.88 Å². The highest BCUT2D eigenvalue weighted by molar-refractivity contribution is 7.80. The highest BCUT2D eigenvalue weighted by Gasteiger charge is 2.26. The van der Waals surface area contributed by atoms with E-state index < -0.39 is 11.9 Å². The molecule has 3 aromatic rings. The van der Waals surface area contributed by atoms with Crippen molar-refractivity contribution in [2.75, 3.05) is 24.9 Å². The fraction of sp³-hybridized carbons (Fsp3) is 0.200. The Morgan fingerprint density at radius 3 is 2.58 bits per heavy atom. The fourth-order valence-corrected chi connectivity index (χ4v) is 4.42. The summed E-state index contributed by atoms with van der Waals surface area (Å²) < 4.78 is 11.3. The molecule has 0 fully saturated rings. The molecule has 11 heteroatoms. The molecule has 2 heterocycles. The maximum Gasteiger partial charge on any atom is 0.348 e. The molecule has 3 rings (SSSR count). The molecule has 0 spiro atoms. The number of nitrogens with one attached hydrogen (secondary N) is 2. The molecule has 8 nitrogen and oxygen atoms in total. The van der Waals surface area contributed by atoms with Crippen molar-refractivity contribution < 1.29 is 19.1 Å². The van der Waals surface area contributed by atoms with Crippen LogP contribution in [0.5, 0.6) is 0 Å². The first-order chi connectivity index (χ1) is 14.8. The minimum Gasteiger partial charge on any atom is -0.465 e. The SMILES string of the molecule is COC(=O)c1sc(NC(=S)Nc2cnn(Cc3ccccc3Cl)c2)c(C(=O)OC)c1C. The third-order valence-corrected chi connectivity index (χ3v) is 6.08. The molecule has 0 aliphatic heterocycles. The van der Waals surface area contributed by atoms with Gasteiger partial charge in [0.05, 0.1) is 38.2 Å². The Kier molecular flexibility index (Phi) is 7.26. The molecule has 1 aromatic carbocycles. The van der Waals surface area contributed by atoms with E-state index in [2.05, 4.69) is 15.7 Å². The van der Waals surface area contributed by atoms with Crippen LogP contribution in [-0.2, 0) is 16.0 Å². The topological polar surface area (TPSA) is 94.5 Å². The monoisotopic (exact) mass is 478 g/mol. The zero-order valence-corrected chi connectivity index (χ0v) is 19.3. The Morgan fingerprint density at radius 1 is 1.19 bits per heavy atom. The largest absolute Gasteiger partial charge is 0.465 e. The van der Waals surface area contributed by atoms with Gasteiger partial charge in [-0.3, -0.25) is 4.68 Å². The zero-order valence-electron chi connectivity index (χ0n) is 16.9. The first-order valence-electron chi connectivity index (χ1n) is 8.98. The molecule has 0 atom stereocenters. The molecule has 0 unspecified atom stereocenters. The smallest absolute Gasteiger partial charge is 0.348 e. The summed E-state index contributed by atoms with van der Waals surface area (Å²) in [5.74, 6) is -1.12. The third-order valence-electron chi connectivity index (χ3n) is 4.32. The maximum absolute atomic E-state index is 12.2. The van der Waals surface area contributed by atoms with Crippen LogP contribution in [0.3, 0.4) is 0 Å². The molecule has 31 heavy (non-hydrogen) atoms. The highest BCUT2D eigenvalue weighted by Crippen LogP contribution is 2.34. The molecule has 0 aliphatic carbocycles. The van der Waals surface area contributed by atoms with Gasteiger partial charge in [-0.15, -0.1) is 11.3 Å². The van der Waals surface area contributed by atoms with Gasteiger partial charge in [-0.25, -0.2) is 9.59 Å². The number of carbonyl (C=O) groups excluding carboxylic acids is 2. The van der Waals surface area contributed by atoms with Gasteiger partial charge in [-0.1, -0.05) is 29.8 Å². The van der Waals surface area contributed by atoms with Crippen LogP contribution >= 0.6 is 35.2 Å². The molecule has 0 amide bonds. The molecular formula is C20H19ClN4O4S2. The lowest BCUT2D eigenvalue weighted by atomic mass is 10.1. The number of anilines is 2. The number of ether oxygens (including phenoxy) is 2. The molecule has 0 saturated carbocycles. The molecule has 2 N–H and O–H groups in total. The summed E-state index contributed by atoms with van der Waals surface area (Å²) in [6.45, 7) is 2.15. The molecule has 2 aromatic heterocycles. The minimum atomic E-state index is -0.582. The fourth-order valence-electron chi connectivity index (χ4n) is 2.82. The van der Waals surface area contributed by atoms with Crippen molar-refractivity contribution in [3.63, 3.8) is 0 Å². The van der Waals surface area contributed by atoms with Crippen molar-refractivity contribution in [2.24, 2.45) is 0 Å². The van der Waals surface area contributed by atoms with E-state index in [1.165, 1.54) is 14.2 Å². The lowest BCUT2D eigenvalue weighted by Crippen LogP contribution is -2.20. The predicted molar refractivity (Wildman–Crippen MR) is 124 cm³/mol. The van der Waals surface area contributed by atoms with Crippen LogP contribution in [0.2, 0.25) is 5.02 Å². The van der Waals surface area contributed by atoms with Gasteiger partial charge >= 0.3 is 11.9 Å². The van der Waals surface area contributed by atoms with Gasteiger partial charge in [0.25, 0.3) is 0 Å². The van der Waals surface area contributed by atoms with Gasteiger partial charge < -0.3 is 20.1 Å². The number of carbonyl (C=O) groups is 2. The van der Waals surface area contributed by atoms with Crippen LogP contribution in [-0.4, -0.2) is 41.1 Å². The molecule has 0 aliphatic rings. The van der Waals surface area contributed by atoms with Gasteiger partial charge in [0, 0.05) is 11.2 Å². The van der Waals surface area contributed by atoms with Crippen molar-refractivity contribution in [3.8, 4) is 0 Å². The number of benzene rings is 1. The van der Waals surface area contributed by atoms with Crippen molar-refractivity contribution in [3.05, 3.63) is 63.2 Å². The number of aromatic nitrogens is 2. The normalized spacial score (nSPS) is 10.5. The quantitative estimate of drug-likeness (QED) is 0.399. The molecule has 162 valence electrons. The summed E-state index contributed by atoms with van der Waals surface area (Å²) in [5, 5.41) is 11.5. The van der Waals surface area contributed by atoms with Crippen molar-refractivity contribution in [2.45, 2.75) is 13.5 Å². The van der Waals surface area contributed by atoms with E-state index in [0.29, 0.717) is 32.7 Å². The number of nitrogens with zero attached hydrogens (tertiary/aromatic N) is 2. The van der Waals surface area contributed by atoms with E-state index in [9.17, 15) is 9.59 Å². The van der Waals surface area contributed by atoms with Crippen LogP contribution in [0.15, 0.2) is 36.7 Å². The second kappa shape index (κ2) is 9.90. The summed E-state index contributed by atoms with van der Waals surface area (Å²) >= 11 is 12.6. The Labute approximate surface area is 193 Å². The second-order valence-electron chi connectivity index (χ2n) is 6.34. The van der Waals surface area contributed by atoms with E-state index in [4.69, 9.17) is 33.3 Å². The second-order valence-corrected chi connectivity index (χ2v) is 8.18. The van der Waals surface area contributed by atoms with Gasteiger partial charge in [-0.05, 0) is 36.3 Å². The van der Waals surface area contributed by atoms with Crippen molar-refractivity contribution >= 4 is 62.9 Å². The van der Waals surface area contributed by atoms with Gasteiger partial charge in [0.2, 0.25) is 0 Å². The molecule has 0 radical (unpaired) electrons. The first kappa shape index (κ1) is 22.7. The van der Waals surface area contributed by atoms with Crippen LogP contribution in [0.25, 0.3) is 0 Å². The summed E-state index contributed by atoms with van der Waals surface area (Å²) in [4.78, 5) is 24.5. The van der Waals surface area contributed by atoms with E-state index in [1.807, 2.05) is 24.3 Å². The molecule has 0 bridgehead atoms. The summed E-state index contributed by atoms with van der Waals surface area (Å²) in [6, 6.07) is 7.53. The van der Waals surface area contributed by atoms with Crippen LogP contribution in [0.1, 0.15) is 31.2 Å². The number of hydrogen-bond donors (Lipinski definition) is 2. The first-order valence-corrected chi connectivity index (χ1v) is 10.6. The lowest BCUT2D eigenvalue weighted by Gasteiger charge is -2.09. The summed E-state index contributed by atoms with van der Waals surface area (Å²) in [7, 11) is 2.55. The standard InChI is InChI=1S/C20H19ClN4O4S2/c1-11-15(18(26)28-2)17(31-16(11)19(27)29-3)24-20(30)23-13-8-22-25(10-13)9-12-6-4-5-7-14(12)21/h4-8,10H,9H2,1-3H3,(H2,23,24,30). The van der Waals surface area contributed by atoms with E-state index in [-0.39, 0.29) is 10.7 Å². The van der Waals surface area contributed by atoms with Crippen molar-refractivity contribution in [1.29, 1.82) is 0 Å². The third kappa shape index (κ3) is 5.22. The Balaban J connectivity index is 1.74. The Morgan fingerprint density at radius 2 is 1.90 bits per heavy atom. The summed E-state index contributed by atoms with van der Waals surface area (Å²) in [6.07, 6.45) is 3.39. The Hall–Kier alpha value is -2.95. The number of rotatable bonds is 6. The van der Waals surface area contributed by atoms with E-state index >= 15 is 0 Å². The van der Waals surface area contributed by atoms with Gasteiger partial charge in [-0.2, -0.15) is 5.10 Å². The van der Waals surface area contributed by atoms with Crippen LogP contribution < -0.4 is 10.6 Å². The number of halogens is 1. The summed E-state index contributed by atoms with van der Waals surface area (Å²) in [5.41, 5.74) is 2.27. The number of esters is 2. The maximum atomic E-state index is 12.2. The number of thiophene rings is 1. The lowest BCUT2D eigenvalue weighted by molar-refractivity contribution is 0.0601. The molecular weight excluding hydrogens is 460 g/mol. The van der Waals surface area contributed by atoms with E-state index in [0.717, 1.165) is 16.9 Å². The predicted octanol–water partition coefficient (Wildman–Crippen LogP) is 4.34. The number of hydrogen-bond acceptors (Lipinski definition) is 7. The van der Waals surface area contributed by atoms with E-state index in [1.54, 1.807) is 24.0 Å². The number of thiocarbonyl (C=S) groups is 1. The Bertz CT molecular complexity index is 1140.